The molecule has 10 heteroatoms. The maximum atomic E-state index is 12.9. The van der Waals surface area contributed by atoms with Gasteiger partial charge in [0.1, 0.15) is 17.0 Å². The molecule has 0 bridgehead atoms. The van der Waals surface area contributed by atoms with Gasteiger partial charge >= 0.3 is 6.18 Å². The summed E-state index contributed by atoms with van der Waals surface area (Å²) in [5.41, 5.74) is 0.845. The van der Waals surface area contributed by atoms with E-state index in [2.05, 4.69) is 20.1 Å². The van der Waals surface area contributed by atoms with Crippen LogP contribution in [-0.2, 0) is 13.2 Å². The van der Waals surface area contributed by atoms with Crippen molar-refractivity contribution in [1.29, 1.82) is 0 Å². The summed E-state index contributed by atoms with van der Waals surface area (Å²) in [5, 5.41) is 13.8. The Labute approximate surface area is 174 Å². The van der Waals surface area contributed by atoms with Crippen molar-refractivity contribution in [3.63, 3.8) is 0 Å². The summed E-state index contributed by atoms with van der Waals surface area (Å²) in [6.07, 6.45) is -1.18. The van der Waals surface area contributed by atoms with Gasteiger partial charge in [-0.2, -0.15) is 18.3 Å². The van der Waals surface area contributed by atoms with Gasteiger partial charge in [0, 0.05) is 30.3 Å². The van der Waals surface area contributed by atoms with E-state index in [-0.39, 0.29) is 12.0 Å². The van der Waals surface area contributed by atoms with Gasteiger partial charge in [0.2, 0.25) is 0 Å². The summed E-state index contributed by atoms with van der Waals surface area (Å²) in [6.45, 7) is 1.52. The molecule has 0 saturated heterocycles. The third kappa shape index (κ3) is 3.93. The minimum absolute atomic E-state index is 0.201. The van der Waals surface area contributed by atoms with E-state index in [1.165, 1.54) is 18.2 Å². The lowest BCUT2D eigenvalue weighted by Crippen LogP contribution is -2.16. The highest BCUT2D eigenvalue weighted by molar-refractivity contribution is 5.93. The van der Waals surface area contributed by atoms with Crippen LogP contribution in [-0.4, -0.2) is 36.4 Å². The fraction of sp³-hybridized carbons (Fsp3) is 0.238. The van der Waals surface area contributed by atoms with Crippen molar-refractivity contribution in [2.75, 3.05) is 6.61 Å². The van der Waals surface area contributed by atoms with Crippen molar-refractivity contribution >= 4 is 10.9 Å². The van der Waals surface area contributed by atoms with Crippen LogP contribution in [0.25, 0.3) is 33.4 Å². The van der Waals surface area contributed by atoms with E-state index in [1.807, 2.05) is 0 Å². The zero-order valence-corrected chi connectivity index (χ0v) is 16.6. The van der Waals surface area contributed by atoms with Crippen LogP contribution in [0, 0.1) is 0 Å². The molecule has 4 aromatic rings. The fourth-order valence-electron chi connectivity index (χ4n) is 3.20. The second-order valence-electron chi connectivity index (χ2n) is 7.26. The molecule has 0 radical (unpaired) electrons. The number of aromatic amines is 1. The highest BCUT2D eigenvalue weighted by Crippen LogP contribution is 2.32. The van der Waals surface area contributed by atoms with Crippen LogP contribution in [0.15, 0.2) is 47.5 Å². The van der Waals surface area contributed by atoms with E-state index < -0.39 is 23.2 Å². The summed E-state index contributed by atoms with van der Waals surface area (Å²) < 4.78 is 40.3. The highest BCUT2D eigenvalue weighted by Gasteiger charge is 2.30. The number of alkyl halides is 3. The van der Waals surface area contributed by atoms with E-state index in [0.717, 1.165) is 12.1 Å². The minimum atomic E-state index is -4.45. The van der Waals surface area contributed by atoms with E-state index in [0.29, 0.717) is 33.9 Å². The number of aliphatic hydroxyl groups is 1. The molecule has 0 aliphatic heterocycles. The number of rotatable bonds is 4. The lowest BCUT2D eigenvalue weighted by Gasteiger charge is -2.12. The normalized spacial score (nSPS) is 13.0. The zero-order chi connectivity index (χ0) is 22.3. The van der Waals surface area contributed by atoms with Gasteiger partial charge in [0.25, 0.3) is 5.56 Å². The predicted octanol–water partition coefficient (Wildman–Crippen LogP) is 3.50. The van der Waals surface area contributed by atoms with Crippen LogP contribution < -0.4 is 5.56 Å². The van der Waals surface area contributed by atoms with Gasteiger partial charge in [-0.3, -0.25) is 9.48 Å². The Bertz CT molecular complexity index is 1310. The van der Waals surface area contributed by atoms with Crippen molar-refractivity contribution in [2.45, 2.75) is 19.0 Å². The van der Waals surface area contributed by atoms with Gasteiger partial charge in [-0.1, -0.05) is 19.1 Å². The van der Waals surface area contributed by atoms with Crippen molar-refractivity contribution in [3.05, 3.63) is 64.5 Å². The number of pyridine rings is 1. The number of hydrogen-bond donors (Lipinski definition) is 2. The number of H-pyrrole nitrogens is 1. The molecule has 1 atom stereocenters. The van der Waals surface area contributed by atoms with E-state index in [9.17, 15) is 23.1 Å². The maximum absolute atomic E-state index is 12.9. The van der Waals surface area contributed by atoms with Crippen LogP contribution in [0.4, 0.5) is 13.2 Å². The summed E-state index contributed by atoms with van der Waals surface area (Å²) in [7, 11) is 1.73. The molecular formula is C21H18F3N5O2. The van der Waals surface area contributed by atoms with E-state index in [1.54, 1.807) is 31.0 Å². The molecule has 0 aliphatic rings. The number of nitrogens with zero attached hydrogens (tertiary/aromatic N) is 4. The molecule has 2 N–H and O–H groups in total. The van der Waals surface area contributed by atoms with E-state index in [4.69, 9.17) is 0 Å². The number of benzene rings is 1. The molecule has 0 fully saturated rings. The smallest absolute Gasteiger partial charge is 0.396 e. The Balaban J connectivity index is 1.96. The molecule has 0 amide bonds. The summed E-state index contributed by atoms with van der Waals surface area (Å²) >= 11 is 0. The molecule has 1 unspecified atom stereocenters. The number of fused-ring (bicyclic) bond motifs is 1. The molecule has 160 valence electrons. The summed E-state index contributed by atoms with van der Waals surface area (Å²) in [4.78, 5) is 24.6. The molecule has 3 heterocycles. The monoisotopic (exact) mass is 429 g/mol. The first kappa shape index (κ1) is 20.7. The number of aromatic nitrogens is 5. The number of aryl methyl sites for hydroxylation is 1. The van der Waals surface area contributed by atoms with Gasteiger partial charge in [0.05, 0.1) is 29.4 Å². The Morgan fingerprint density at radius 3 is 2.45 bits per heavy atom. The molecule has 0 aliphatic carbocycles. The number of aliphatic hydroxyl groups excluding tert-OH is 1. The minimum Gasteiger partial charge on any atom is -0.396 e. The average molecular weight is 429 g/mol. The van der Waals surface area contributed by atoms with Crippen molar-refractivity contribution < 1.29 is 18.3 Å². The predicted molar refractivity (Wildman–Crippen MR) is 108 cm³/mol. The van der Waals surface area contributed by atoms with Gasteiger partial charge < -0.3 is 10.1 Å². The SMILES string of the molecule is CC(CO)c1nc2c(-c3cnn(C)c3)nc(-c3ccc(C(F)(F)F)cc3)cc2c(=O)[nH]1. The quantitative estimate of drug-likeness (QED) is 0.518. The third-order valence-electron chi connectivity index (χ3n) is 4.94. The van der Waals surface area contributed by atoms with Crippen LogP contribution in [0.5, 0.6) is 0 Å². The molecule has 4 rings (SSSR count). The first-order chi connectivity index (χ1) is 14.7. The van der Waals surface area contributed by atoms with Gasteiger partial charge in [-0.05, 0) is 18.2 Å². The van der Waals surface area contributed by atoms with Gasteiger partial charge in [-0.15, -0.1) is 0 Å². The first-order valence-corrected chi connectivity index (χ1v) is 9.40. The summed E-state index contributed by atoms with van der Waals surface area (Å²) in [5.74, 6) is -0.0809. The van der Waals surface area contributed by atoms with Crippen molar-refractivity contribution in [1.82, 2.24) is 24.7 Å². The molecule has 0 spiro atoms. The molecular weight excluding hydrogens is 411 g/mol. The third-order valence-corrected chi connectivity index (χ3v) is 4.94. The van der Waals surface area contributed by atoms with Gasteiger partial charge in [-0.25, -0.2) is 9.97 Å². The molecule has 0 saturated carbocycles. The Hall–Kier alpha value is -3.53. The van der Waals surface area contributed by atoms with Crippen LogP contribution in [0.1, 0.15) is 24.2 Å². The lowest BCUT2D eigenvalue weighted by molar-refractivity contribution is -0.137. The number of halogens is 3. The lowest BCUT2D eigenvalue weighted by atomic mass is 10.0. The zero-order valence-electron chi connectivity index (χ0n) is 16.6. The first-order valence-electron chi connectivity index (χ1n) is 9.40. The Morgan fingerprint density at radius 2 is 1.87 bits per heavy atom. The number of hydrogen-bond acceptors (Lipinski definition) is 5. The largest absolute Gasteiger partial charge is 0.416 e. The van der Waals surface area contributed by atoms with Crippen molar-refractivity contribution in [2.24, 2.45) is 7.05 Å². The average Bonchev–Trinajstić information content (AvgIpc) is 3.18. The van der Waals surface area contributed by atoms with Gasteiger partial charge in [0.15, 0.2) is 0 Å². The standard InChI is InChI=1S/C21H18F3N5O2/c1-11(10-30)19-27-18-15(20(31)28-19)7-16(26-17(18)13-8-25-29(2)9-13)12-3-5-14(6-4-12)21(22,23)24/h3-9,11,30H,10H2,1-2H3,(H,27,28,31). The van der Waals surface area contributed by atoms with Crippen LogP contribution >= 0.6 is 0 Å². The molecule has 7 nitrogen and oxygen atoms in total. The van der Waals surface area contributed by atoms with Crippen LogP contribution in [0.3, 0.4) is 0 Å². The second kappa shape index (κ2) is 7.62. The summed E-state index contributed by atoms with van der Waals surface area (Å²) in [6, 6.07) is 6.07. The Kier molecular flexibility index (Phi) is 5.10. The fourth-order valence-corrected chi connectivity index (χ4v) is 3.20. The second-order valence-corrected chi connectivity index (χ2v) is 7.26. The van der Waals surface area contributed by atoms with Crippen LogP contribution in [0.2, 0.25) is 0 Å². The molecule has 31 heavy (non-hydrogen) atoms. The molecule has 3 aromatic heterocycles. The van der Waals surface area contributed by atoms with E-state index >= 15 is 0 Å². The van der Waals surface area contributed by atoms with Crippen molar-refractivity contribution in [3.8, 4) is 22.5 Å². The maximum Gasteiger partial charge on any atom is 0.416 e. The number of nitrogens with one attached hydrogen (secondary N) is 1. The highest BCUT2D eigenvalue weighted by atomic mass is 19.4. The topological polar surface area (TPSA) is 96.7 Å². The molecule has 1 aromatic carbocycles. The Morgan fingerprint density at radius 1 is 1.16 bits per heavy atom.